The molecule has 1 aliphatic carbocycles. The molecule has 1 saturated heterocycles. The summed E-state index contributed by atoms with van der Waals surface area (Å²) in [6.07, 6.45) is 4.32. The van der Waals surface area contributed by atoms with Crippen molar-refractivity contribution in [3.63, 3.8) is 0 Å². The Bertz CT molecular complexity index is 218. The maximum atomic E-state index is 9.83. The Labute approximate surface area is 96.9 Å². The van der Waals surface area contributed by atoms with E-state index in [-0.39, 0.29) is 12.6 Å². The average molecular weight is 229 g/mol. The van der Waals surface area contributed by atoms with Crippen LogP contribution in [0.15, 0.2) is 0 Å². The SMILES string of the molecule is OC[C@@H]1[C@@H](O)[C@H](O)CCN1CC1CCCC1. The van der Waals surface area contributed by atoms with Crippen LogP contribution in [0.25, 0.3) is 0 Å². The van der Waals surface area contributed by atoms with Gasteiger partial charge >= 0.3 is 0 Å². The molecule has 0 aromatic rings. The summed E-state index contributed by atoms with van der Waals surface area (Å²) in [5.74, 6) is 0.719. The number of piperidine rings is 1. The van der Waals surface area contributed by atoms with E-state index in [9.17, 15) is 15.3 Å². The molecule has 2 aliphatic rings. The molecule has 1 heterocycles. The highest BCUT2D eigenvalue weighted by Crippen LogP contribution is 2.28. The first-order valence-electron chi connectivity index (χ1n) is 6.43. The summed E-state index contributed by atoms with van der Waals surface area (Å²) >= 11 is 0. The number of hydrogen-bond donors (Lipinski definition) is 3. The molecule has 1 aliphatic heterocycles. The van der Waals surface area contributed by atoms with Crippen molar-refractivity contribution in [2.75, 3.05) is 19.7 Å². The van der Waals surface area contributed by atoms with Gasteiger partial charge in [0, 0.05) is 13.1 Å². The quantitative estimate of drug-likeness (QED) is 0.636. The lowest BCUT2D eigenvalue weighted by molar-refractivity contribution is -0.0926. The predicted octanol–water partition coefficient (Wildman–Crippen LogP) is -0.0350. The Kier molecular flexibility index (Phi) is 4.19. The van der Waals surface area contributed by atoms with Gasteiger partial charge in [0.05, 0.1) is 24.9 Å². The van der Waals surface area contributed by atoms with Crippen molar-refractivity contribution < 1.29 is 15.3 Å². The molecule has 0 unspecified atom stereocenters. The van der Waals surface area contributed by atoms with Gasteiger partial charge in [0.2, 0.25) is 0 Å². The second-order valence-corrected chi connectivity index (χ2v) is 5.24. The smallest absolute Gasteiger partial charge is 0.0976 e. The minimum absolute atomic E-state index is 0.0645. The van der Waals surface area contributed by atoms with Gasteiger partial charge in [0.25, 0.3) is 0 Å². The van der Waals surface area contributed by atoms with E-state index >= 15 is 0 Å². The molecule has 0 spiro atoms. The lowest BCUT2D eigenvalue weighted by Gasteiger charge is -2.41. The molecule has 3 atom stereocenters. The fourth-order valence-electron chi connectivity index (χ4n) is 3.08. The van der Waals surface area contributed by atoms with E-state index in [1.165, 1.54) is 25.7 Å². The lowest BCUT2D eigenvalue weighted by atomic mass is 9.94. The van der Waals surface area contributed by atoms with Crippen molar-refractivity contribution in [1.29, 1.82) is 0 Å². The highest BCUT2D eigenvalue weighted by molar-refractivity contribution is 4.90. The Hall–Kier alpha value is -0.160. The molecule has 16 heavy (non-hydrogen) atoms. The van der Waals surface area contributed by atoms with Gasteiger partial charge in [0.1, 0.15) is 0 Å². The minimum atomic E-state index is -0.792. The number of aliphatic hydroxyl groups is 3. The normalized spacial score (nSPS) is 38.1. The highest BCUT2D eigenvalue weighted by atomic mass is 16.3. The summed E-state index contributed by atoms with van der Waals surface area (Å²) < 4.78 is 0. The van der Waals surface area contributed by atoms with Crippen molar-refractivity contribution in [2.45, 2.75) is 50.4 Å². The summed E-state index contributed by atoms with van der Waals surface area (Å²) in [5.41, 5.74) is 0. The van der Waals surface area contributed by atoms with Crippen molar-refractivity contribution in [3.05, 3.63) is 0 Å². The molecule has 0 aromatic heterocycles. The second-order valence-electron chi connectivity index (χ2n) is 5.24. The van der Waals surface area contributed by atoms with Crippen LogP contribution in [-0.2, 0) is 0 Å². The average Bonchev–Trinajstić information content (AvgIpc) is 2.77. The maximum Gasteiger partial charge on any atom is 0.0976 e. The largest absolute Gasteiger partial charge is 0.395 e. The lowest BCUT2D eigenvalue weighted by Crippen LogP contribution is -2.57. The van der Waals surface area contributed by atoms with Crippen LogP contribution in [0.1, 0.15) is 32.1 Å². The van der Waals surface area contributed by atoms with Gasteiger partial charge in [-0.05, 0) is 25.2 Å². The van der Waals surface area contributed by atoms with Crippen molar-refractivity contribution in [1.82, 2.24) is 4.90 Å². The van der Waals surface area contributed by atoms with Gasteiger partial charge in [0.15, 0.2) is 0 Å². The molecule has 1 saturated carbocycles. The zero-order valence-corrected chi connectivity index (χ0v) is 9.76. The standard InChI is InChI=1S/C12H23NO3/c14-8-10-12(16)11(15)5-6-13(10)7-9-3-1-2-4-9/h9-12,14-16H,1-8H2/t10-,11-,12-/m1/s1. The van der Waals surface area contributed by atoms with Gasteiger partial charge in [-0.1, -0.05) is 12.8 Å². The summed E-state index contributed by atoms with van der Waals surface area (Å²) in [6.45, 7) is 1.69. The van der Waals surface area contributed by atoms with Gasteiger partial charge in [-0.15, -0.1) is 0 Å². The maximum absolute atomic E-state index is 9.83. The van der Waals surface area contributed by atoms with E-state index in [2.05, 4.69) is 4.90 Å². The van der Waals surface area contributed by atoms with Gasteiger partial charge < -0.3 is 15.3 Å². The number of likely N-dealkylation sites (tertiary alicyclic amines) is 1. The molecule has 3 N–H and O–H groups in total. The summed E-state index contributed by atoms with van der Waals surface area (Å²) in [7, 11) is 0. The highest BCUT2D eigenvalue weighted by Gasteiger charge is 2.36. The van der Waals surface area contributed by atoms with E-state index in [4.69, 9.17) is 0 Å². The minimum Gasteiger partial charge on any atom is -0.395 e. The first-order chi connectivity index (χ1) is 7.72. The number of rotatable bonds is 3. The Morgan fingerprint density at radius 2 is 1.75 bits per heavy atom. The third-order valence-corrected chi connectivity index (χ3v) is 4.12. The van der Waals surface area contributed by atoms with Crippen LogP contribution in [0.5, 0.6) is 0 Å². The van der Waals surface area contributed by atoms with Crippen LogP contribution in [0.2, 0.25) is 0 Å². The van der Waals surface area contributed by atoms with Crippen molar-refractivity contribution in [2.24, 2.45) is 5.92 Å². The molecule has 94 valence electrons. The van der Waals surface area contributed by atoms with Crippen LogP contribution < -0.4 is 0 Å². The third-order valence-electron chi connectivity index (χ3n) is 4.12. The Morgan fingerprint density at radius 1 is 1.06 bits per heavy atom. The number of nitrogens with zero attached hydrogens (tertiary/aromatic N) is 1. The summed E-state index contributed by atoms with van der Waals surface area (Å²) in [4.78, 5) is 2.16. The molecular formula is C12H23NO3. The summed E-state index contributed by atoms with van der Waals surface area (Å²) in [6, 6.07) is -0.274. The first-order valence-corrected chi connectivity index (χ1v) is 6.43. The molecule has 0 amide bonds. The fourth-order valence-corrected chi connectivity index (χ4v) is 3.08. The number of aliphatic hydroxyl groups excluding tert-OH is 3. The van der Waals surface area contributed by atoms with E-state index in [1.807, 2.05) is 0 Å². The van der Waals surface area contributed by atoms with Crippen LogP contribution in [0.3, 0.4) is 0 Å². The van der Waals surface area contributed by atoms with E-state index < -0.39 is 12.2 Å². The van der Waals surface area contributed by atoms with E-state index in [1.54, 1.807) is 0 Å². The summed E-state index contributed by atoms with van der Waals surface area (Å²) in [5, 5.41) is 28.7. The Morgan fingerprint density at radius 3 is 2.38 bits per heavy atom. The molecule has 2 rings (SSSR count). The fraction of sp³-hybridized carbons (Fsp3) is 1.00. The second kappa shape index (κ2) is 5.45. The van der Waals surface area contributed by atoms with Gasteiger partial charge in [-0.3, -0.25) is 4.90 Å². The topological polar surface area (TPSA) is 63.9 Å². The zero-order valence-electron chi connectivity index (χ0n) is 9.76. The number of hydrogen-bond acceptors (Lipinski definition) is 4. The van der Waals surface area contributed by atoms with E-state index in [0.717, 1.165) is 19.0 Å². The Balaban J connectivity index is 1.91. The van der Waals surface area contributed by atoms with Crippen LogP contribution in [0, 0.1) is 5.92 Å². The van der Waals surface area contributed by atoms with Gasteiger partial charge in [-0.25, -0.2) is 0 Å². The zero-order chi connectivity index (χ0) is 11.5. The first kappa shape index (κ1) is 12.3. The van der Waals surface area contributed by atoms with Gasteiger partial charge in [-0.2, -0.15) is 0 Å². The van der Waals surface area contributed by atoms with E-state index in [0.29, 0.717) is 6.42 Å². The third kappa shape index (κ3) is 2.56. The molecular weight excluding hydrogens is 206 g/mol. The molecule has 0 bridgehead atoms. The molecule has 4 heteroatoms. The van der Waals surface area contributed by atoms with Crippen LogP contribution in [-0.4, -0.2) is 58.2 Å². The molecule has 2 fully saturated rings. The van der Waals surface area contributed by atoms with Crippen molar-refractivity contribution >= 4 is 0 Å². The van der Waals surface area contributed by atoms with Crippen LogP contribution in [0.4, 0.5) is 0 Å². The van der Waals surface area contributed by atoms with Crippen LogP contribution >= 0.6 is 0 Å². The molecule has 0 radical (unpaired) electrons. The molecule has 4 nitrogen and oxygen atoms in total. The monoisotopic (exact) mass is 229 g/mol. The van der Waals surface area contributed by atoms with Crippen molar-refractivity contribution in [3.8, 4) is 0 Å². The predicted molar refractivity (Wildman–Crippen MR) is 61.0 cm³/mol. The molecule has 0 aromatic carbocycles.